The molecule has 0 radical (unpaired) electrons. The second-order valence-corrected chi connectivity index (χ2v) is 7.39. The Labute approximate surface area is 206 Å². The fraction of sp³-hybridized carbons (Fsp3) is 0.348. The summed E-state index contributed by atoms with van der Waals surface area (Å²) in [6, 6.07) is 13.8. The molecule has 0 atom stereocenters. The lowest BCUT2D eigenvalue weighted by molar-refractivity contribution is 0.239. The third-order valence-corrected chi connectivity index (χ3v) is 4.56. The second kappa shape index (κ2) is 12.3. The number of guanidine groups is 1. The molecule has 8 nitrogen and oxygen atoms in total. The third kappa shape index (κ3) is 7.11. The monoisotopic (exact) mass is 550 g/mol. The van der Waals surface area contributed by atoms with Crippen molar-refractivity contribution in [3.63, 3.8) is 0 Å². The highest BCUT2D eigenvalue weighted by Crippen LogP contribution is 2.22. The zero-order valence-corrected chi connectivity index (χ0v) is 21.4. The van der Waals surface area contributed by atoms with E-state index < -0.39 is 0 Å². The maximum atomic E-state index is 5.95. The number of aromatic nitrogens is 3. The quantitative estimate of drug-likeness (QED) is 0.223. The Hall–Kier alpha value is -2.82. The highest BCUT2D eigenvalue weighted by molar-refractivity contribution is 14.0. The molecule has 0 unspecified atom stereocenters. The molecule has 0 aliphatic rings. The molecule has 0 amide bonds. The Morgan fingerprint density at radius 1 is 1.09 bits per heavy atom. The SMILES string of the molecule is CN=C(NCc1nc(-c2ccc(OC)cc2)n[nH]1)NCc1ccc(C)cc1OC(C)C.I. The van der Waals surface area contributed by atoms with Crippen LogP contribution in [-0.4, -0.2) is 41.4 Å². The smallest absolute Gasteiger partial charge is 0.191 e. The van der Waals surface area contributed by atoms with Crippen molar-refractivity contribution >= 4 is 29.9 Å². The van der Waals surface area contributed by atoms with Gasteiger partial charge in [0.2, 0.25) is 0 Å². The number of aliphatic imine (C=N–C) groups is 1. The maximum absolute atomic E-state index is 5.95. The van der Waals surface area contributed by atoms with Gasteiger partial charge >= 0.3 is 0 Å². The van der Waals surface area contributed by atoms with E-state index >= 15 is 0 Å². The van der Waals surface area contributed by atoms with E-state index in [0.29, 0.717) is 30.7 Å². The van der Waals surface area contributed by atoms with Gasteiger partial charge in [-0.15, -0.1) is 24.0 Å². The van der Waals surface area contributed by atoms with Crippen molar-refractivity contribution in [2.45, 2.75) is 40.0 Å². The second-order valence-electron chi connectivity index (χ2n) is 7.39. The van der Waals surface area contributed by atoms with Crippen molar-refractivity contribution < 1.29 is 9.47 Å². The van der Waals surface area contributed by atoms with E-state index in [-0.39, 0.29) is 30.1 Å². The van der Waals surface area contributed by atoms with Gasteiger partial charge < -0.3 is 20.1 Å². The van der Waals surface area contributed by atoms with E-state index in [1.165, 1.54) is 5.56 Å². The first kappa shape index (κ1) is 25.4. The van der Waals surface area contributed by atoms with E-state index in [9.17, 15) is 0 Å². The average Bonchev–Trinajstić information content (AvgIpc) is 3.24. The number of nitrogens with zero attached hydrogens (tertiary/aromatic N) is 3. The number of benzene rings is 2. The van der Waals surface area contributed by atoms with Crippen LogP contribution in [0.3, 0.4) is 0 Å². The van der Waals surface area contributed by atoms with Crippen LogP contribution in [0.25, 0.3) is 11.4 Å². The molecule has 0 aliphatic carbocycles. The van der Waals surface area contributed by atoms with Gasteiger partial charge in [-0.05, 0) is 56.7 Å². The van der Waals surface area contributed by atoms with Crippen LogP contribution in [-0.2, 0) is 13.1 Å². The van der Waals surface area contributed by atoms with Crippen LogP contribution in [0.4, 0.5) is 0 Å². The molecule has 1 aromatic heterocycles. The zero-order valence-electron chi connectivity index (χ0n) is 19.1. The normalized spacial score (nSPS) is 11.1. The summed E-state index contributed by atoms with van der Waals surface area (Å²) < 4.78 is 11.1. The van der Waals surface area contributed by atoms with Gasteiger partial charge in [-0.1, -0.05) is 12.1 Å². The molecular weight excluding hydrogens is 519 g/mol. The zero-order chi connectivity index (χ0) is 22.2. The molecule has 1 heterocycles. The first-order valence-electron chi connectivity index (χ1n) is 10.2. The van der Waals surface area contributed by atoms with E-state index in [0.717, 1.165) is 22.6 Å². The maximum Gasteiger partial charge on any atom is 0.191 e. The number of methoxy groups -OCH3 is 1. The van der Waals surface area contributed by atoms with Crippen molar-refractivity contribution in [3.8, 4) is 22.9 Å². The standard InChI is InChI=1S/C23H30N6O2.HI/c1-15(2)31-20-12-16(3)6-7-18(20)13-25-23(24-4)26-14-21-27-22(29-28-21)17-8-10-19(30-5)11-9-17;/h6-12,15H,13-14H2,1-5H3,(H2,24,25,26)(H,27,28,29);1H. The van der Waals surface area contributed by atoms with Gasteiger partial charge in [0.15, 0.2) is 11.8 Å². The van der Waals surface area contributed by atoms with Gasteiger partial charge in [0.1, 0.15) is 17.3 Å². The van der Waals surface area contributed by atoms with Gasteiger partial charge in [0.05, 0.1) is 19.8 Å². The van der Waals surface area contributed by atoms with E-state index in [2.05, 4.69) is 55.9 Å². The Bertz CT molecular complexity index is 1020. The van der Waals surface area contributed by atoms with Crippen LogP contribution in [0, 0.1) is 6.92 Å². The third-order valence-electron chi connectivity index (χ3n) is 4.56. The van der Waals surface area contributed by atoms with Gasteiger partial charge in [-0.25, -0.2) is 4.98 Å². The molecular formula is C23H31IN6O2. The lowest BCUT2D eigenvalue weighted by Crippen LogP contribution is -2.36. The van der Waals surface area contributed by atoms with Crippen molar-refractivity contribution in [3.05, 3.63) is 59.4 Å². The van der Waals surface area contributed by atoms with E-state index in [4.69, 9.17) is 9.47 Å². The summed E-state index contributed by atoms with van der Waals surface area (Å²) >= 11 is 0. The molecule has 32 heavy (non-hydrogen) atoms. The first-order valence-corrected chi connectivity index (χ1v) is 10.2. The topological polar surface area (TPSA) is 96.5 Å². The lowest BCUT2D eigenvalue weighted by Gasteiger charge is -2.17. The number of hydrogen-bond donors (Lipinski definition) is 3. The Morgan fingerprint density at radius 3 is 2.47 bits per heavy atom. The Balaban J connectivity index is 0.00000363. The molecule has 0 saturated carbocycles. The molecule has 0 saturated heterocycles. The van der Waals surface area contributed by atoms with Crippen molar-refractivity contribution in [2.75, 3.05) is 14.2 Å². The molecule has 3 rings (SSSR count). The van der Waals surface area contributed by atoms with Crippen LogP contribution in [0.5, 0.6) is 11.5 Å². The molecule has 3 N–H and O–H groups in total. The summed E-state index contributed by atoms with van der Waals surface area (Å²) in [6.07, 6.45) is 0.115. The highest BCUT2D eigenvalue weighted by atomic mass is 127. The number of halogens is 1. The summed E-state index contributed by atoms with van der Waals surface area (Å²) in [5, 5.41) is 13.8. The average molecular weight is 550 g/mol. The molecule has 2 aromatic carbocycles. The van der Waals surface area contributed by atoms with E-state index in [1.807, 2.05) is 38.1 Å². The molecule has 9 heteroatoms. The van der Waals surface area contributed by atoms with Crippen molar-refractivity contribution in [1.29, 1.82) is 0 Å². The number of nitrogens with one attached hydrogen (secondary N) is 3. The fourth-order valence-corrected chi connectivity index (χ4v) is 2.98. The van der Waals surface area contributed by atoms with Crippen LogP contribution in [0.15, 0.2) is 47.5 Å². The summed E-state index contributed by atoms with van der Waals surface area (Å²) in [6.45, 7) is 7.17. The molecule has 0 spiro atoms. The van der Waals surface area contributed by atoms with Crippen LogP contribution in [0.1, 0.15) is 30.8 Å². The lowest BCUT2D eigenvalue weighted by atomic mass is 10.1. The van der Waals surface area contributed by atoms with Gasteiger partial charge in [0, 0.05) is 24.7 Å². The Morgan fingerprint density at radius 2 is 1.81 bits per heavy atom. The van der Waals surface area contributed by atoms with Crippen LogP contribution >= 0.6 is 24.0 Å². The summed E-state index contributed by atoms with van der Waals surface area (Å²) in [4.78, 5) is 8.83. The number of H-pyrrole nitrogens is 1. The predicted octanol–water partition coefficient (Wildman–Crippen LogP) is 4.06. The number of hydrogen-bond acceptors (Lipinski definition) is 5. The summed E-state index contributed by atoms with van der Waals surface area (Å²) in [5.74, 6) is 3.70. The minimum Gasteiger partial charge on any atom is -0.497 e. The van der Waals surface area contributed by atoms with Crippen molar-refractivity contribution in [2.24, 2.45) is 4.99 Å². The number of aromatic amines is 1. The van der Waals surface area contributed by atoms with Crippen LogP contribution in [0.2, 0.25) is 0 Å². The summed E-state index contributed by atoms with van der Waals surface area (Å²) in [5.41, 5.74) is 3.16. The van der Waals surface area contributed by atoms with Gasteiger partial charge in [-0.2, -0.15) is 5.10 Å². The predicted molar refractivity (Wildman–Crippen MR) is 138 cm³/mol. The molecule has 0 fully saturated rings. The first-order chi connectivity index (χ1) is 15.0. The Kier molecular flexibility index (Phi) is 9.76. The minimum atomic E-state index is 0. The fourth-order valence-electron chi connectivity index (χ4n) is 2.98. The number of ether oxygens (including phenoxy) is 2. The molecule has 0 aliphatic heterocycles. The van der Waals surface area contributed by atoms with Crippen molar-refractivity contribution in [1.82, 2.24) is 25.8 Å². The molecule has 3 aromatic rings. The summed E-state index contributed by atoms with van der Waals surface area (Å²) in [7, 11) is 3.38. The van der Waals surface area contributed by atoms with Gasteiger partial charge in [0.25, 0.3) is 0 Å². The number of aryl methyl sites for hydroxylation is 1. The molecule has 172 valence electrons. The largest absolute Gasteiger partial charge is 0.497 e. The van der Waals surface area contributed by atoms with E-state index in [1.54, 1.807) is 14.2 Å². The minimum absolute atomic E-state index is 0. The van der Waals surface area contributed by atoms with Crippen LogP contribution < -0.4 is 20.1 Å². The highest BCUT2D eigenvalue weighted by Gasteiger charge is 2.09. The number of rotatable bonds is 8. The molecule has 0 bridgehead atoms. The van der Waals surface area contributed by atoms with Gasteiger partial charge in [-0.3, -0.25) is 10.1 Å².